The number of hydrogen-bond donors (Lipinski definition) is 2. The van der Waals surface area contributed by atoms with E-state index in [0.717, 1.165) is 18.5 Å². The average Bonchev–Trinajstić information content (AvgIpc) is 2.44. The molecule has 0 spiro atoms. The van der Waals surface area contributed by atoms with Gasteiger partial charge in [-0.3, -0.25) is 0 Å². The van der Waals surface area contributed by atoms with Crippen LogP contribution in [0.3, 0.4) is 0 Å². The largest absolute Gasteiger partial charge is 0.497 e. The van der Waals surface area contributed by atoms with E-state index in [1.54, 1.807) is 25.3 Å². The average molecular weight is 314 g/mol. The number of methoxy groups -OCH3 is 1. The number of ether oxygens (including phenoxy) is 1. The predicted molar refractivity (Wildman–Crippen MR) is 85.3 cm³/mol. The smallest absolute Gasteiger partial charge is 0.240 e. The zero-order chi connectivity index (χ0) is 15.9. The summed E-state index contributed by atoms with van der Waals surface area (Å²) < 4.78 is 32.5. The van der Waals surface area contributed by atoms with Gasteiger partial charge in [-0.25, -0.2) is 13.1 Å². The molecule has 0 bridgehead atoms. The number of benzene rings is 1. The van der Waals surface area contributed by atoms with Gasteiger partial charge in [-0.1, -0.05) is 20.8 Å². The number of nitrogens with one attached hydrogen (secondary N) is 2. The van der Waals surface area contributed by atoms with E-state index in [2.05, 4.69) is 23.9 Å². The lowest BCUT2D eigenvalue weighted by Gasteiger charge is -2.14. The van der Waals surface area contributed by atoms with Crippen molar-refractivity contribution in [1.82, 2.24) is 10.0 Å². The number of rotatable bonds is 9. The Kier molecular flexibility index (Phi) is 7.14. The van der Waals surface area contributed by atoms with Crippen LogP contribution < -0.4 is 14.8 Å². The van der Waals surface area contributed by atoms with Gasteiger partial charge in [0.25, 0.3) is 0 Å². The lowest BCUT2D eigenvalue weighted by molar-refractivity contribution is 0.413. The van der Waals surface area contributed by atoms with Crippen molar-refractivity contribution in [3.8, 4) is 5.75 Å². The summed E-state index contributed by atoms with van der Waals surface area (Å²) in [5.41, 5.74) is 0.770. The van der Waals surface area contributed by atoms with Gasteiger partial charge in [0.2, 0.25) is 10.0 Å². The first kappa shape index (κ1) is 17.9. The molecule has 0 aromatic heterocycles. The maximum Gasteiger partial charge on any atom is 0.240 e. The SMILES string of the molecule is CCCNS(=O)(=O)c1ccc(OC)cc1CCNC(C)C. The molecule has 0 heterocycles. The summed E-state index contributed by atoms with van der Waals surface area (Å²) >= 11 is 0. The van der Waals surface area contributed by atoms with E-state index < -0.39 is 10.0 Å². The molecule has 1 rings (SSSR count). The molecule has 6 heteroatoms. The highest BCUT2D eigenvalue weighted by Crippen LogP contribution is 2.22. The molecule has 2 N–H and O–H groups in total. The maximum atomic E-state index is 12.3. The maximum absolute atomic E-state index is 12.3. The van der Waals surface area contributed by atoms with Crippen molar-refractivity contribution in [3.05, 3.63) is 23.8 Å². The van der Waals surface area contributed by atoms with Gasteiger partial charge in [-0.05, 0) is 43.1 Å². The Morgan fingerprint density at radius 2 is 1.95 bits per heavy atom. The van der Waals surface area contributed by atoms with Crippen molar-refractivity contribution in [2.45, 2.75) is 44.6 Å². The van der Waals surface area contributed by atoms with Crippen molar-refractivity contribution >= 4 is 10.0 Å². The third-order valence-electron chi connectivity index (χ3n) is 3.05. The Morgan fingerprint density at radius 1 is 1.24 bits per heavy atom. The fraction of sp³-hybridized carbons (Fsp3) is 0.600. The highest BCUT2D eigenvalue weighted by Gasteiger charge is 2.18. The molecule has 0 aliphatic heterocycles. The first-order valence-electron chi connectivity index (χ1n) is 7.30. The molecule has 0 saturated carbocycles. The van der Waals surface area contributed by atoms with Crippen LogP contribution in [0, 0.1) is 0 Å². The zero-order valence-corrected chi connectivity index (χ0v) is 14.1. The Balaban J connectivity index is 3.01. The Labute approximate surface area is 128 Å². The van der Waals surface area contributed by atoms with Crippen LogP contribution in [-0.4, -0.2) is 34.7 Å². The summed E-state index contributed by atoms with van der Waals surface area (Å²) in [6.45, 7) is 7.22. The zero-order valence-electron chi connectivity index (χ0n) is 13.3. The molecular weight excluding hydrogens is 288 g/mol. The molecule has 21 heavy (non-hydrogen) atoms. The van der Waals surface area contributed by atoms with E-state index in [1.165, 1.54) is 0 Å². The van der Waals surface area contributed by atoms with E-state index >= 15 is 0 Å². The van der Waals surface area contributed by atoms with Gasteiger partial charge < -0.3 is 10.1 Å². The van der Waals surface area contributed by atoms with E-state index in [1.807, 2.05) is 6.92 Å². The summed E-state index contributed by atoms with van der Waals surface area (Å²) in [6.07, 6.45) is 1.40. The molecule has 0 atom stereocenters. The molecule has 0 aliphatic carbocycles. The van der Waals surface area contributed by atoms with Gasteiger partial charge in [0.05, 0.1) is 12.0 Å². The van der Waals surface area contributed by atoms with Crippen LogP contribution in [0.4, 0.5) is 0 Å². The Hall–Kier alpha value is -1.11. The van der Waals surface area contributed by atoms with Gasteiger partial charge in [-0.15, -0.1) is 0 Å². The Morgan fingerprint density at radius 3 is 2.52 bits per heavy atom. The predicted octanol–water partition coefficient (Wildman–Crippen LogP) is 1.92. The summed E-state index contributed by atoms with van der Waals surface area (Å²) in [5.74, 6) is 0.670. The van der Waals surface area contributed by atoms with E-state index in [-0.39, 0.29) is 0 Å². The van der Waals surface area contributed by atoms with Gasteiger partial charge in [0, 0.05) is 12.6 Å². The lowest BCUT2D eigenvalue weighted by atomic mass is 10.1. The van der Waals surface area contributed by atoms with E-state index in [4.69, 9.17) is 4.74 Å². The van der Waals surface area contributed by atoms with Gasteiger partial charge in [0.15, 0.2) is 0 Å². The summed E-state index contributed by atoms with van der Waals surface area (Å²) in [4.78, 5) is 0.335. The molecular formula is C15H26N2O3S. The molecule has 1 aromatic carbocycles. The topological polar surface area (TPSA) is 67.4 Å². The third kappa shape index (κ3) is 5.65. The van der Waals surface area contributed by atoms with Crippen LogP contribution in [0.2, 0.25) is 0 Å². The van der Waals surface area contributed by atoms with Crippen LogP contribution in [-0.2, 0) is 16.4 Å². The summed E-state index contributed by atoms with van der Waals surface area (Å²) in [5, 5.41) is 3.30. The quantitative estimate of drug-likeness (QED) is 0.731. The summed E-state index contributed by atoms with van der Waals surface area (Å²) in [6, 6.07) is 5.46. The molecule has 0 unspecified atom stereocenters. The van der Waals surface area contributed by atoms with Crippen LogP contribution >= 0.6 is 0 Å². The van der Waals surface area contributed by atoms with Crippen molar-refractivity contribution in [3.63, 3.8) is 0 Å². The fourth-order valence-corrected chi connectivity index (χ4v) is 3.33. The van der Waals surface area contributed by atoms with Crippen LogP contribution in [0.25, 0.3) is 0 Å². The minimum absolute atomic E-state index is 0.335. The second-order valence-electron chi connectivity index (χ2n) is 5.23. The normalized spacial score (nSPS) is 11.9. The second kappa shape index (κ2) is 8.36. The van der Waals surface area contributed by atoms with Crippen LogP contribution in [0.15, 0.2) is 23.1 Å². The summed E-state index contributed by atoms with van der Waals surface area (Å²) in [7, 11) is -1.88. The molecule has 0 aliphatic rings. The highest BCUT2D eigenvalue weighted by atomic mass is 32.2. The second-order valence-corrected chi connectivity index (χ2v) is 6.97. The molecule has 120 valence electrons. The van der Waals surface area contributed by atoms with E-state index in [0.29, 0.717) is 29.7 Å². The molecule has 0 saturated heterocycles. The van der Waals surface area contributed by atoms with Gasteiger partial charge >= 0.3 is 0 Å². The Bertz CT molecular complexity index is 542. The monoisotopic (exact) mass is 314 g/mol. The fourth-order valence-electron chi connectivity index (χ4n) is 1.95. The number of hydrogen-bond acceptors (Lipinski definition) is 4. The molecule has 1 aromatic rings. The van der Waals surface area contributed by atoms with E-state index in [9.17, 15) is 8.42 Å². The highest BCUT2D eigenvalue weighted by molar-refractivity contribution is 7.89. The standard InChI is InChI=1S/C15H26N2O3S/c1-5-9-17-21(18,19)15-7-6-14(20-4)11-13(15)8-10-16-12(2)3/h6-7,11-12,16-17H,5,8-10H2,1-4H3. The van der Waals surface area contributed by atoms with Crippen LogP contribution in [0.5, 0.6) is 5.75 Å². The van der Waals surface area contributed by atoms with Crippen LogP contribution in [0.1, 0.15) is 32.8 Å². The molecule has 0 amide bonds. The first-order valence-corrected chi connectivity index (χ1v) is 8.79. The molecule has 0 radical (unpaired) electrons. The van der Waals surface area contributed by atoms with Crippen molar-refractivity contribution in [1.29, 1.82) is 0 Å². The minimum atomic E-state index is -3.46. The third-order valence-corrected chi connectivity index (χ3v) is 4.61. The van der Waals surface area contributed by atoms with Crippen molar-refractivity contribution in [2.24, 2.45) is 0 Å². The molecule has 5 nitrogen and oxygen atoms in total. The van der Waals surface area contributed by atoms with Crippen molar-refractivity contribution in [2.75, 3.05) is 20.2 Å². The lowest BCUT2D eigenvalue weighted by Crippen LogP contribution is -2.28. The minimum Gasteiger partial charge on any atom is -0.497 e. The molecule has 0 fully saturated rings. The van der Waals surface area contributed by atoms with Gasteiger partial charge in [-0.2, -0.15) is 0 Å². The van der Waals surface area contributed by atoms with Crippen molar-refractivity contribution < 1.29 is 13.2 Å². The first-order chi connectivity index (χ1) is 9.90. The van der Waals surface area contributed by atoms with Gasteiger partial charge in [0.1, 0.15) is 5.75 Å². The number of sulfonamides is 1.